The second kappa shape index (κ2) is 6.81. The molecule has 0 saturated carbocycles. The summed E-state index contributed by atoms with van der Waals surface area (Å²) in [4.78, 5) is 16.0. The molecule has 2 heterocycles. The van der Waals surface area contributed by atoms with Crippen LogP contribution in [0.15, 0.2) is 36.9 Å². The summed E-state index contributed by atoms with van der Waals surface area (Å²) in [6.45, 7) is 7.65. The highest BCUT2D eigenvalue weighted by Gasteiger charge is 2.41. The van der Waals surface area contributed by atoms with Crippen molar-refractivity contribution in [1.82, 2.24) is 9.80 Å². The van der Waals surface area contributed by atoms with E-state index in [2.05, 4.69) is 11.5 Å². The van der Waals surface area contributed by atoms with Crippen molar-refractivity contribution in [1.29, 1.82) is 0 Å². The summed E-state index contributed by atoms with van der Waals surface area (Å²) in [6, 6.07) is 6.76. The normalized spacial score (nSPS) is 21.6. The molecule has 2 fully saturated rings. The number of rotatable bonds is 4. The molecule has 23 heavy (non-hydrogen) atoms. The molecule has 0 N–H and O–H groups in total. The number of likely N-dealkylation sites (tertiary alicyclic amines) is 1. The zero-order chi connectivity index (χ0) is 16.3. The zero-order valence-electron chi connectivity index (χ0n) is 13.3. The van der Waals surface area contributed by atoms with Gasteiger partial charge in [0.15, 0.2) is 0 Å². The number of hydrogen-bond acceptors (Lipinski definition) is 3. The summed E-state index contributed by atoms with van der Waals surface area (Å²) in [6.07, 6.45) is 3.54. The van der Waals surface area contributed by atoms with Crippen LogP contribution in [0, 0.1) is 5.82 Å². The van der Waals surface area contributed by atoms with Crippen LogP contribution in [0.5, 0.6) is 0 Å². The van der Waals surface area contributed by atoms with Crippen LogP contribution in [0.4, 0.5) is 4.39 Å². The highest BCUT2D eigenvalue weighted by atomic mass is 19.1. The van der Waals surface area contributed by atoms with Crippen molar-refractivity contribution in [2.75, 3.05) is 32.8 Å². The van der Waals surface area contributed by atoms with Crippen molar-refractivity contribution in [2.24, 2.45) is 0 Å². The van der Waals surface area contributed by atoms with E-state index in [4.69, 9.17) is 4.74 Å². The predicted molar refractivity (Wildman–Crippen MR) is 86.4 cm³/mol. The summed E-state index contributed by atoms with van der Waals surface area (Å²) in [5.74, 6) is -0.150. The number of halogens is 1. The van der Waals surface area contributed by atoms with Gasteiger partial charge in [-0.05, 0) is 30.5 Å². The van der Waals surface area contributed by atoms with Gasteiger partial charge in [-0.3, -0.25) is 9.69 Å². The number of carbonyl (C=O) groups is 1. The van der Waals surface area contributed by atoms with Gasteiger partial charge in [-0.2, -0.15) is 0 Å². The fraction of sp³-hybridized carbons (Fsp3) is 0.500. The first-order chi connectivity index (χ1) is 11.1. The van der Waals surface area contributed by atoms with Crippen LogP contribution in [0.25, 0.3) is 0 Å². The lowest BCUT2D eigenvalue weighted by Crippen LogP contribution is -2.58. The minimum absolute atomic E-state index is 0.0396. The number of ether oxygens (including phenoxy) is 1. The Balaban J connectivity index is 1.57. The molecule has 5 heteroatoms. The van der Waals surface area contributed by atoms with Crippen molar-refractivity contribution >= 4 is 5.91 Å². The lowest BCUT2D eigenvalue weighted by atomic mass is 9.89. The molecular weight excluding hydrogens is 295 g/mol. The van der Waals surface area contributed by atoms with Gasteiger partial charge in [0.2, 0.25) is 5.91 Å². The van der Waals surface area contributed by atoms with E-state index < -0.39 is 0 Å². The number of benzene rings is 1. The molecule has 0 unspecified atom stereocenters. The minimum Gasteiger partial charge on any atom is -0.363 e. The first kappa shape index (κ1) is 16.1. The first-order valence-corrected chi connectivity index (χ1v) is 8.10. The van der Waals surface area contributed by atoms with E-state index in [1.165, 1.54) is 6.07 Å². The molecule has 1 aromatic carbocycles. The lowest BCUT2D eigenvalue weighted by molar-refractivity contribution is -0.170. The number of amides is 1. The minimum atomic E-state index is -0.227. The largest absolute Gasteiger partial charge is 0.363 e. The third-order valence-electron chi connectivity index (χ3n) is 4.75. The van der Waals surface area contributed by atoms with E-state index in [1.54, 1.807) is 18.2 Å². The molecule has 0 radical (unpaired) electrons. The molecular formula is C18H23FN2O2. The number of nitrogens with zero attached hydrogens (tertiary/aromatic N) is 2. The second-order valence-electron chi connectivity index (χ2n) is 6.44. The smallest absolute Gasteiger partial charge is 0.248 e. The average Bonchev–Trinajstić information content (AvgIpc) is 2.54. The van der Waals surface area contributed by atoms with Crippen molar-refractivity contribution in [3.63, 3.8) is 0 Å². The van der Waals surface area contributed by atoms with Gasteiger partial charge in [0.25, 0.3) is 0 Å². The molecule has 2 aliphatic heterocycles. The van der Waals surface area contributed by atoms with Gasteiger partial charge in [0.1, 0.15) is 12.4 Å². The molecule has 124 valence electrons. The fourth-order valence-corrected chi connectivity index (χ4v) is 3.42. The summed E-state index contributed by atoms with van der Waals surface area (Å²) in [5.41, 5.74) is 0.768. The van der Waals surface area contributed by atoms with Crippen molar-refractivity contribution < 1.29 is 13.9 Å². The third-order valence-corrected chi connectivity index (χ3v) is 4.75. The standard InChI is InChI=1S/C18H23FN2O2/c1-2-8-21-14-18(23-13-17(21)22)6-9-20(10-7-18)12-15-4-3-5-16(19)11-15/h2-5,11H,1,6-10,12-14H2. The molecule has 1 aromatic rings. The Morgan fingerprint density at radius 2 is 2.13 bits per heavy atom. The topological polar surface area (TPSA) is 32.8 Å². The van der Waals surface area contributed by atoms with Crippen molar-refractivity contribution in [3.05, 3.63) is 48.3 Å². The van der Waals surface area contributed by atoms with Gasteiger partial charge in [0.05, 0.1) is 12.1 Å². The highest BCUT2D eigenvalue weighted by molar-refractivity contribution is 5.78. The van der Waals surface area contributed by atoms with Crippen LogP contribution < -0.4 is 0 Å². The molecule has 2 saturated heterocycles. The van der Waals surface area contributed by atoms with E-state index in [-0.39, 0.29) is 23.9 Å². The van der Waals surface area contributed by atoms with Gasteiger partial charge in [-0.15, -0.1) is 6.58 Å². The van der Waals surface area contributed by atoms with Gasteiger partial charge in [0, 0.05) is 26.2 Å². The summed E-state index contributed by atoms with van der Waals surface area (Å²) < 4.78 is 19.2. The molecule has 4 nitrogen and oxygen atoms in total. The molecule has 0 atom stereocenters. The zero-order valence-corrected chi connectivity index (χ0v) is 13.3. The number of piperidine rings is 1. The Morgan fingerprint density at radius 3 is 2.83 bits per heavy atom. The molecule has 2 aliphatic rings. The number of hydrogen-bond donors (Lipinski definition) is 0. The van der Waals surface area contributed by atoms with E-state index >= 15 is 0 Å². The quantitative estimate of drug-likeness (QED) is 0.798. The summed E-state index contributed by atoms with van der Waals surface area (Å²) >= 11 is 0. The van der Waals surface area contributed by atoms with Crippen LogP contribution >= 0.6 is 0 Å². The van der Waals surface area contributed by atoms with Crippen molar-refractivity contribution in [2.45, 2.75) is 25.0 Å². The lowest BCUT2D eigenvalue weighted by Gasteiger charge is -2.46. The molecule has 0 aliphatic carbocycles. The SMILES string of the molecule is C=CCN1CC2(CCN(Cc3cccc(F)c3)CC2)OCC1=O. The summed E-state index contributed by atoms with van der Waals surface area (Å²) in [5, 5.41) is 0. The van der Waals surface area contributed by atoms with Gasteiger partial charge in [-0.1, -0.05) is 18.2 Å². The molecule has 1 amide bonds. The van der Waals surface area contributed by atoms with Crippen LogP contribution in [0.2, 0.25) is 0 Å². The predicted octanol–water partition coefficient (Wildman–Crippen LogP) is 2.21. The van der Waals surface area contributed by atoms with E-state index in [0.29, 0.717) is 13.1 Å². The second-order valence-corrected chi connectivity index (χ2v) is 6.44. The maximum Gasteiger partial charge on any atom is 0.248 e. The van der Waals surface area contributed by atoms with Crippen molar-refractivity contribution in [3.8, 4) is 0 Å². The summed E-state index contributed by atoms with van der Waals surface area (Å²) in [7, 11) is 0. The van der Waals surface area contributed by atoms with Gasteiger partial charge < -0.3 is 9.64 Å². The Morgan fingerprint density at radius 1 is 1.35 bits per heavy atom. The monoisotopic (exact) mass is 318 g/mol. The Hall–Kier alpha value is -1.72. The van der Waals surface area contributed by atoms with Crippen LogP contribution in [-0.4, -0.2) is 54.1 Å². The van der Waals surface area contributed by atoms with E-state index in [9.17, 15) is 9.18 Å². The number of carbonyl (C=O) groups excluding carboxylic acids is 1. The Kier molecular flexibility index (Phi) is 4.78. The molecule has 0 aromatic heterocycles. The van der Waals surface area contributed by atoms with Crippen LogP contribution in [0.3, 0.4) is 0 Å². The maximum atomic E-state index is 13.3. The molecule has 1 spiro atoms. The molecule has 0 bridgehead atoms. The third kappa shape index (κ3) is 3.79. The molecule has 3 rings (SSSR count). The van der Waals surface area contributed by atoms with Crippen LogP contribution in [-0.2, 0) is 16.1 Å². The number of morpholine rings is 1. The van der Waals surface area contributed by atoms with E-state index in [0.717, 1.165) is 38.0 Å². The first-order valence-electron chi connectivity index (χ1n) is 8.10. The van der Waals surface area contributed by atoms with Gasteiger partial charge in [-0.25, -0.2) is 4.39 Å². The van der Waals surface area contributed by atoms with E-state index in [1.807, 2.05) is 11.0 Å². The Labute approximate surface area is 136 Å². The maximum absolute atomic E-state index is 13.3. The average molecular weight is 318 g/mol. The van der Waals surface area contributed by atoms with Gasteiger partial charge >= 0.3 is 0 Å². The fourth-order valence-electron chi connectivity index (χ4n) is 3.42. The Bertz CT molecular complexity index is 582. The highest BCUT2D eigenvalue weighted by Crippen LogP contribution is 2.31. The van der Waals surface area contributed by atoms with Crippen LogP contribution in [0.1, 0.15) is 18.4 Å².